The SMILES string of the molecule is NC(=O)N[C@@H](CC(=O)OCc1ccccc1C(F)(F)F)c1ccc(Cl)cc1. The fourth-order valence-corrected chi connectivity index (χ4v) is 2.55. The van der Waals surface area contributed by atoms with Gasteiger partial charge in [-0.2, -0.15) is 13.2 Å². The number of ether oxygens (including phenoxy) is 1. The fraction of sp³-hybridized carbons (Fsp3) is 0.222. The predicted octanol–water partition coefficient (Wildman–Crippen LogP) is 4.20. The molecule has 9 heteroatoms. The summed E-state index contributed by atoms with van der Waals surface area (Å²) in [5.74, 6) is -0.791. The highest BCUT2D eigenvalue weighted by Crippen LogP contribution is 2.32. The van der Waals surface area contributed by atoms with Crippen LogP contribution in [0.1, 0.15) is 29.2 Å². The number of amides is 2. The number of urea groups is 1. The first-order chi connectivity index (χ1) is 12.7. The molecular weight excluding hydrogens is 385 g/mol. The summed E-state index contributed by atoms with van der Waals surface area (Å²) < 4.78 is 43.9. The highest BCUT2D eigenvalue weighted by Gasteiger charge is 2.33. The quantitative estimate of drug-likeness (QED) is 0.713. The van der Waals surface area contributed by atoms with E-state index in [9.17, 15) is 22.8 Å². The van der Waals surface area contributed by atoms with Crippen molar-refractivity contribution in [2.45, 2.75) is 25.2 Å². The molecule has 0 aromatic heterocycles. The van der Waals surface area contributed by atoms with E-state index < -0.39 is 36.4 Å². The number of carbonyl (C=O) groups is 2. The highest BCUT2D eigenvalue weighted by atomic mass is 35.5. The molecule has 0 saturated heterocycles. The smallest absolute Gasteiger partial charge is 0.416 e. The van der Waals surface area contributed by atoms with Crippen molar-refractivity contribution in [2.24, 2.45) is 5.73 Å². The summed E-state index contributed by atoms with van der Waals surface area (Å²) in [7, 11) is 0. The van der Waals surface area contributed by atoms with Gasteiger partial charge in [-0.05, 0) is 23.8 Å². The lowest BCUT2D eigenvalue weighted by molar-refractivity contribution is -0.148. The lowest BCUT2D eigenvalue weighted by atomic mass is 10.0. The normalized spacial score (nSPS) is 12.3. The molecule has 1 atom stereocenters. The Kier molecular flexibility index (Phi) is 6.68. The second-order valence-corrected chi connectivity index (χ2v) is 6.07. The zero-order valence-corrected chi connectivity index (χ0v) is 14.7. The van der Waals surface area contributed by atoms with E-state index in [1.807, 2.05) is 0 Å². The summed E-state index contributed by atoms with van der Waals surface area (Å²) in [5, 5.41) is 2.86. The van der Waals surface area contributed by atoms with Gasteiger partial charge in [-0.3, -0.25) is 4.79 Å². The average molecular weight is 401 g/mol. The maximum absolute atomic E-state index is 13.0. The summed E-state index contributed by atoms with van der Waals surface area (Å²) in [4.78, 5) is 23.3. The van der Waals surface area contributed by atoms with Crippen molar-refractivity contribution >= 4 is 23.6 Å². The molecule has 0 aliphatic heterocycles. The van der Waals surface area contributed by atoms with Crippen LogP contribution < -0.4 is 11.1 Å². The standard InChI is InChI=1S/C18H16ClF3N2O3/c19-13-7-5-11(6-8-13)15(24-17(23)26)9-16(25)27-10-12-3-1-2-4-14(12)18(20,21)22/h1-8,15H,9-10H2,(H3,23,24,26)/t15-/m0/s1. The van der Waals surface area contributed by atoms with E-state index in [0.717, 1.165) is 6.07 Å². The summed E-state index contributed by atoms with van der Waals surface area (Å²) in [6.07, 6.45) is -4.86. The average Bonchev–Trinajstić information content (AvgIpc) is 2.59. The van der Waals surface area contributed by atoms with Gasteiger partial charge in [-0.15, -0.1) is 0 Å². The maximum Gasteiger partial charge on any atom is 0.416 e. The fourth-order valence-electron chi connectivity index (χ4n) is 2.43. The molecule has 0 fully saturated rings. The minimum absolute atomic E-state index is 0.163. The van der Waals surface area contributed by atoms with E-state index in [1.54, 1.807) is 24.3 Å². The Morgan fingerprint density at radius 3 is 2.33 bits per heavy atom. The van der Waals surface area contributed by atoms with Crippen molar-refractivity contribution in [3.05, 3.63) is 70.2 Å². The van der Waals surface area contributed by atoms with E-state index in [1.165, 1.54) is 18.2 Å². The Hall–Kier alpha value is -2.74. The van der Waals surface area contributed by atoms with Crippen molar-refractivity contribution in [2.75, 3.05) is 0 Å². The van der Waals surface area contributed by atoms with Gasteiger partial charge in [0.2, 0.25) is 0 Å². The van der Waals surface area contributed by atoms with Crippen LogP contribution in [0.4, 0.5) is 18.0 Å². The van der Waals surface area contributed by atoms with Crippen LogP contribution in [0.5, 0.6) is 0 Å². The first-order valence-electron chi connectivity index (χ1n) is 7.79. The van der Waals surface area contributed by atoms with Crippen LogP contribution in [0.2, 0.25) is 5.02 Å². The monoisotopic (exact) mass is 400 g/mol. The number of esters is 1. The number of primary amides is 1. The Morgan fingerprint density at radius 2 is 1.74 bits per heavy atom. The molecule has 0 heterocycles. The van der Waals surface area contributed by atoms with E-state index in [-0.39, 0.29) is 12.0 Å². The Labute approximate surface area is 158 Å². The lowest BCUT2D eigenvalue weighted by Gasteiger charge is -2.18. The van der Waals surface area contributed by atoms with Crippen LogP contribution in [-0.2, 0) is 22.3 Å². The van der Waals surface area contributed by atoms with E-state index >= 15 is 0 Å². The molecule has 0 aliphatic carbocycles. The maximum atomic E-state index is 13.0. The van der Waals surface area contributed by atoms with Crippen molar-refractivity contribution in [1.29, 1.82) is 0 Å². The van der Waals surface area contributed by atoms with Crippen LogP contribution >= 0.6 is 11.6 Å². The minimum atomic E-state index is -4.55. The number of nitrogens with two attached hydrogens (primary N) is 1. The molecule has 0 unspecified atom stereocenters. The minimum Gasteiger partial charge on any atom is -0.461 e. The van der Waals surface area contributed by atoms with Gasteiger partial charge in [0.25, 0.3) is 0 Å². The number of nitrogens with one attached hydrogen (secondary N) is 1. The number of rotatable bonds is 6. The second-order valence-electron chi connectivity index (χ2n) is 5.63. The molecular formula is C18H16ClF3N2O3. The Morgan fingerprint density at radius 1 is 1.11 bits per heavy atom. The number of halogens is 4. The van der Waals surface area contributed by atoms with Crippen molar-refractivity contribution < 1.29 is 27.5 Å². The molecule has 144 valence electrons. The van der Waals surface area contributed by atoms with Gasteiger partial charge in [0, 0.05) is 10.6 Å². The molecule has 2 aromatic rings. The van der Waals surface area contributed by atoms with E-state index in [4.69, 9.17) is 22.1 Å². The van der Waals surface area contributed by atoms with Crippen LogP contribution in [0.25, 0.3) is 0 Å². The number of hydrogen-bond donors (Lipinski definition) is 2. The summed E-state index contributed by atoms with van der Waals surface area (Å²) in [6.45, 7) is -0.543. The molecule has 5 nitrogen and oxygen atoms in total. The van der Waals surface area contributed by atoms with Crippen LogP contribution in [-0.4, -0.2) is 12.0 Å². The number of hydrogen-bond acceptors (Lipinski definition) is 3. The molecule has 3 N–H and O–H groups in total. The van der Waals surface area contributed by atoms with Crippen LogP contribution in [0.15, 0.2) is 48.5 Å². The van der Waals surface area contributed by atoms with Gasteiger partial charge in [0.1, 0.15) is 6.61 Å². The van der Waals surface area contributed by atoms with Gasteiger partial charge in [0.05, 0.1) is 18.0 Å². The topological polar surface area (TPSA) is 81.4 Å². The van der Waals surface area contributed by atoms with E-state index in [0.29, 0.717) is 10.6 Å². The van der Waals surface area contributed by atoms with Crippen molar-refractivity contribution in [1.82, 2.24) is 5.32 Å². The van der Waals surface area contributed by atoms with Crippen LogP contribution in [0.3, 0.4) is 0 Å². The largest absolute Gasteiger partial charge is 0.461 e. The number of alkyl halides is 3. The molecule has 2 amide bonds. The molecule has 0 aliphatic rings. The Balaban J connectivity index is 2.06. The zero-order chi connectivity index (χ0) is 20.0. The Bertz CT molecular complexity index is 810. The third-order valence-corrected chi connectivity index (χ3v) is 3.92. The van der Waals surface area contributed by atoms with Crippen molar-refractivity contribution in [3.63, 3.8) is 0 Å². The third kappa shape index (κ3) is 6.18. The predicted molar refractivity (Wildman–Crippen MR) is 92.8 cm³/mol. The third-order valence-electron chi connectivity index (χ3n) is 3.67. The molecule has 0 radical (unpaired) electrons. The number of benzene rings is 2. The van der Waals surface area contributed by atoms with Crippen LogP contribution in [0, 0.1) is 0 Å². The molecule has 2 rings (SSSR count). The van der Waals surface area contributed by atoms with Gasteiger partial charge in [-0.25, -0.2) is 4.79 Å². The second kappa shape index (κ2) is 8.77. The summed E-state index contributed by atoms with van der Waals surface area (Å²) >= 11 is 5.80. The molecule has 0 saturated carbocycles. The summed E-state index contributed by atoms with van der Waals surface area (Å²) in [6, 6.07) is 9.47. The molecule has 0 bridgehead atoms. The highest BCUT2D eigenvalue weighted by molar-refractivity contribution is 6.30. The first-order valence-corrected chi connectivity index (χ1v) is 8.17. The lowest BCUT2D eigenvalue weighted by Crippen LogP contribution is -2.34. The molecule has 2 aromatic carbocycles. The zero-order valence-electron chi connectivity index (χ0n) is 13.9. The van der Waals surface area contributed by atoms with Gasteiger partial charge in [-0.1, -0.05) is 41.9 Å². The van der Waals surface area contributed by atoms with Gasteiger partial charge < -0.3 is 15.8 Å². The molecule has 0 spiro atoms. The van der Waals surface area contributed by atoms with Crippen molar-refractivity contribution in [3.8, 4) is 0 Å². The molecule has 27 heavy (non-hydrogen) atoms. The summed E-state index contributed by atoms with van der Waals surface area (Å²) in [5.41, 5.74) is 4.63. The number of carbonyl (C=O) groups excluding carboxylic acids is 2. The van der Waals surface area contributed by atoms with E-state index in [2.05, 4.69) is 5.32 Å². The first kappa shape index (κ1) is 20.6. The van der Waals surface area contributed by atoms with Gasteiger partial charge in [0.15, 0.2) is 0 Å². The van der Waals surface area contributed by atoms with Gasteiger partial charge >= 0.3 is 18.2 Å².